The lowest BCUT2D eigenvalue weighted by atomic mass is 10.1. The largest absolute Gasteiger partial charge is 0.487 e. The maximum atomic E-state index is 13.6. The van der Waals surface area contributed by atoms with E-state index >= 15 is 0 Å². The average molecular weight is 304 g/mol. The van der Waals surface area contributed by atoms with Gasteiger partial charge in [-0.1, -0.05) is 0 Å². The molecule has 0 saturated carbocycles. The molecule has 0 amide bonds. The van der Waals surface area contributed by atoms with Gasteiger partial charge in [0.05, 0.1) is 0 Å². The summed E-state index contributed by atoms with van der Waals surface area (Å²) in [7, 11) is 0. The van der Waals surface area contributed by atoms with E-state index in [1.807, 2.05) is 19.2 Å². The van der Waals surface area contributed by atoms with Gasteiger partial charge in [0, 0.05) is 50.1 Å². The Morgan fingerprint density at radius 3 is 2.64 bits per heavy atom. The van der Waals surface area contributed by atoms with E-state index in [0.717, 1.165) is 37.6 Å². The summed E-state index contributed by atoms with van der Waals surface area (Å²) in [4.78, 5) is 6.39. The van der Waals surface area contributed by atoms with Crippen molar-refractivity contribution in [3.63, 3.8) is 0 Å². The maximum absolute atomic E-state index is 13.6. The number of hydrogen-bond acceptors (Lipinski definition) is 3. The van der Waals surface area contributed by atoms with E-state index in [1.165, 1.54) is 17.8 Å². The zero-order valence-electron chi connectivity index (χ0n) is 12.4. The Morgan fingerprint density at radius 2 is 1.95 bits per heavy atom. The molecule has 0 N–H and O–H groups in total. The predicted octanol–water partition coefficient (Wildman–Crippen LogP) is 3.72. The Balaban J connectivity index is 1.61. The zero-order chi connectivity index (χ0) is 15.5. The van der Waals surface area contributed by atoms with Crippen molar-refractivity contribution >= 4 is 5.69 Å². The Labute approximate surface area is 128 Å². The van der Waals surface area contributed by atoms with Gasteiger partial charge in [-0.05, 0) is 30.7 Å². The van der Waals surface area contributed by atoms with Crippen LogP contribution in [0.1, 0.15) is 18.4 Å². The van der Waals surface area contributed by atoms with Crippen molar-refractivity contribution in [1.29, 1.82) is 0 Å². The quantitative estimate of drug-likeness (QED) is 0.864. The van der Waals surface area contributed by atoms with Gasteiger partial charge in [0.1, 0.15) is 11.9 Å². The van der Waals surface area contributed by atoms with Crippen molar-refractivity contribution in [3.05, 3.63) is 53.9 Å². The van der Waals surface area contributed by atoms with E-state index in [1.54, 1.807) is 6.20 Å². The van der Waals surface area contributed by atoms with E-state index in [9.17, 15) is 8.78 Å². The van der Waals surface area contributed by atoms with Crippen molar-refractivity contribution in [1.82, 2.24) is 4.98 Å². The molecule has 0 unspecified atom stereocenters. The molecule has 5 heteroatoms. The molecule has 1 aliphatic heterocycles. The normalized spacial score (nSPS) is 15.9. The number of hydrogen-bond donors (Lipinski definition) is 0. The minimum absolute atomic E-state index is 0.0432. The van der Waals surface area contributed by atoms with Crippen molar-refractivity contribution < 1.29 is 13.5 Å². The van der Waals surface area contributed by atoms with E-state index in [-0.39, 0.29) is 11.9 Å². The molecule has 1 saturated heterocycles. The monoisotopic (exact) mass is 304 g/mol. The highest BCUT2D eigenvalue weighted by Crippen LogP contribution is 2.26. The number of piperidine rings is 1. The molecule has 0 bridgehead atoms. The SMILES string of the molecule is Cc1cnccc1N1CCC(Oc2ccc(F)cc2F)CC1. The van der Waals surface area contributed by atoms with Crippen molar-refractivity contribution in [3.8, 4) is 5.75 Å². The lowest BCUT2D eigenvalue weighted by Gasteiger charge is -2.34. The number of aryl methyl sites for hydroxylation is 1. The molecule has 22 heavy (non-hydrogen) atoms. The van der Waals surface area contributed by atoms with Crippen LogP contribution in [0, 0.1) is 18.6 Å². The fourth-order valence-corrected chi connectivity index (χ4v) is 2.79. The topological polar surface area (TPSA) is 25.4 Å². The lowest BCUT2D eigenvalue weighted by molar-refractivity contribution is 0.163. The van der Waals surface area contributed by atoms with Gasteiger partial charge in [0.15, 0.2) is 11.6 Å². The van der Waals surface area contributed by atoms with Crippen LogP contribution in [0.5, 0.6) is 5.75 Å². The molecule has 1 aromatic heterocycles. The van der Waals surface area contributed by atoms with Crippen molar-refractivity contribution in [2.75, 3.05) is 18.0 Å². The highest BCUT2D eigenvalue weighted by Gasteiger charge is 2.22. The van der Waals surface area contributed by atoms with Crippen LogP contribution >= 0.6 is 0 Å². The van der Waals surface area contributed by atoms with Gasteiger partial charge in [-0.2, -0.15) is 0 Å². The Hall–Kier alpha value is -2.17. The van der Waals surface area contributed by atoms with Gasteiger partial charge in [-0.3, -0.25) is 4.98 Å². The van der Waals surface area contributed by atoms with Gasteiger partial charge < -0.3 is 9.64 Å². The number of pyridine rings is 1. The second-order valence-corrected chi connectivity index (χ2v) is 5.54. The van der Waals surface area contributed by atoms with Crippen LogP contribution < -0.4 is 9.64 Å². The molecule has 2 heterocycles. The molecule has 2 aromatic rings. The smallest absolute Gasteiger partial charge is 0.167 e. The molecular formula is C17H18F2N2O. The molecule has 1 fully saturated rings. The first-order chi connectivity index (χ1) is 10.6. The minimum atomic E-state index is -0.646. The average Bonchev–Trinajstić information content (AvgIpc) is 2.51. The molecule has 3 rings (SSSR count). The fourth-order valence-electron chi connectivity index (χ4n) is 2.79. The predicted molar refractivity (Wildman–Crippen MR) is 81.2 cm³/mol. The van der Waals surface area contributed by atoms with Crippen LogP contribution in [0.4, 0.5) is 14.5 Å². The van der Waals surface area contributed by atoms with Crippen LogP contribution in [0.25, 0.3) is 0 Å². The molecule has 3 nitrogen and oxygen atoms in total. The second kappa shape index (κ2) is 6.30. The number of ether oxygens (including phenoxy) is 1. The number of benzene rings is 1. The summed E-state index contributed by atoms with van der Waals surface area (Å²) >= 11 is 0. The van der Waals surface area contributed by atoms with E-state index in [4.69, 9.17) is 4.74 Å². The third-order valence-corrected chi connectivity index (χ3v) is 3.96. The van der Waals surface area contributed by atoms with Gasteiger partial charge in [0.25, 0.3) is 0 Å². The van der Waals surface area contributed by atoms with Crippen LogP contribution in [0.3, 0.4) is 0 Å². The van der Waals surface area contributed by atoms with Gasteiger partial charge in [-0.15, -0.1) is 0 Å². The first-order valence-electron chi connectivity index (χ1n) is 7.41. The summed E-state index contributed by atoms with van der Waals surface area (Å²) < 4.78 is 32.2. The molecule has 1 aliphatic rings. The zero-order valence-corrected chi connectivity index (χ0v) is 12.4. The number of rotatable bonds is 3. The van der Waals surface area contributed by atoms with Crippen LogP contribution in [0.2, 0.25) is 0 Å². The lowest BCUT2D eigenvalue weighted by Crippen LogP contribution is -2.38. The molecule has 0 spiro atoms. The number of nitrogens with zero attached hydrogens (tertiary/aromatic N) is 2. The third-order valence-electron chi connectivity index (χ3n) is 3.96. The number of aromatic nitrogens is 1. The van der Waals surface area contributed by atoms with Gasteiger partial charge >= 0.3 is 0 Å². The summed E-state index contributed by atoms with van der Waals surface area (Å²) in [5.74, 6) is -1.11. The summed E-state index contributed by atoms with van der Waals surface area (Å²) in [6.45, 7) is 3.73. The highest BCUT2D eigenvalue weighted by atomic mass is 19.1. The Kier molecular flexibility index (Phi) is 4.22. The minimum Gasteiger partial charge on any atom is -0.487 e. The molecule has 0 aliphatic carbocycles. The van der Waals surface area contributed by atoms with E-state index in [2.05, 4.69) is 9.88 Å². The third kappa shape index (κ3) is 3.18. The number of halogens is 2. The maximum Gasteiger partial charge on any atom is 0.167 e. The van der Waals surface area contributed by atoms with E-state index in [0.29, 0.717) is 0 Å². The van der Waals surface area contributed by atoms with Crippen LogP contribution in [-0.2, 0) is 0 Å². The molecule has 0 radical (unpaired) electrons. The van der Waals surface area contributed by atoms with Gasteiger partial charge in [0.2, 0.25) is 0 Å². The summed E-state index contributed by atoms with van der Waals surface area (Å²) in [5.41, 5.74) is 2.33. The molecular weight excluding hydrogens is 286 g/mol. The highest BCUT2D eigenvalue weighted by molar-refractivity contribution is 5.51. The summed E-state index contributed by atoms with van der Waals surface area (Å²) in [6.07, 6.45) is 5.21. The van der Waals surface area contributed by atoms with Crippen LogP contribution in [0.15, 0.2) is 36.7 Å². The van der Waals surface area contributed by atoms with Gasteiger partial charge in [-0.25, -0.2) is 8.78 Å². The first-order valence-corrected chi connectivity index (χ1v) is 7.41. The fraction of sp³-hybridized carbons (Fsp3) is 0.353. The summed E-state index contributed by atoms with van der Waals surface area (Å²) in [6, 6.07) is 5.43. The second-order valence-electron chi connectivity index (χ2n) is 5.54. The summed E-state index contributed by atoms with van der Waals surface area (Å²) in [5, 5.41) is 0. The number of anilines is 1. The molecule has 0 atom stereocenters. The Morgan fingerprint density at radius 1 is 1.18 bits per heavy atom. The van der Waals surface area contributed by atoms with Crippen molar-refractivity contribution in [2.24, 2.45) is 0 Å². The molecule has 116 valence electrons. The molecule has 1 aromatic carbocycles. The Bertz CT molecular complexity index is 655. The van der Waals surface area contributed by atoms with E-state index < -0.39 is 11.6 Å². The standard InChI is InChI=1S/C17H18F2N2O/c1-12-11-20-7-4-16(12)21-8-5-14(6-9-21)22-17-3-2-13(18)10-15(17)19/h2-4,7,10-11,14H,5-6,8-9H2,1H3. The van der Waals surface area contributed by atoms with Crippen LogP contribution in [-0.4, -0.2) is 24.2 Å². The first kappa shape index (κ1) is 14.8. The van der Waals surface area contributed by atoms with Crippen molar-refractivity contribution in [2.45, 2.75) is 25.9 Å².